The topological polar surface area (TPSA) is 77.8 Å². The second-order valence-corrected chi connectivity index (χ2v) is 2.57. The van der Waals surface area contributed by atoms with Gasteiger partial charge in [0.25, 0.3) is 0 Å². The van der Waals surface area contributed by atoms with E-state index in [-0.39, 0.29) is 12.5 Å². The van der Waals surface area contributed by atoms with Gasteiger partial charge in [0.2, 0.25) is 5.91 Å². The van der Waals surface area contributed by atoms with Gasteiger partial charge in [0, 0.05) is 13.2 Å². The van der Waals surface area contributed by atoms with Crippen LogP contribution >= 0.6 is 0 Å². The maximum Gasteiger partial charge on any atom is 0.239 e. The summed E-state index contributed by atoms with van der Waals surface area (Å²) in [7, 11) is 1.56. The van der Waals surface area contributed by atoms with E-state index in [1.807, 2.05) is 6.07 Å². The molecule has 0 aromatic carbocycles. The van der Waals surface area contributed by atoms with Gasteiger partial charge in [0.15, 0.2) is 0 Å². The number of hydrogen-bond acceptors (Lipinski definition) is 4. The highest BCUT2D eigenvalue weighted by atomic mass is 16.1. The number of nitrogens with one attached hydrogen (secondary N) is 2. The number of nitriles is 1. The maximum absolute atomic E-state index is 10.9. The summed E-state index contributed by atoms with van der Waals surface area (Å²) in [6.07, 6.45) is 1.52. The Morgan fingerprint density at radius 3 is 3.14 bits per heavy atom. The lowest BCUT2D eigenvalue weighted by molar-refractivity contribution is -0.118. The van der Waals surface area contributed by atoms with Crippen LogP contribution in [0, 0.1) is 11.3 Å². The molecule has 72 valence electrons. The minimum atomic E-state index is -0.130. The Labute approximate surface area is 81.8 Å². The number of aromatic nitrogens is 1. The molecule has 0 spiro atoms. The summed E-state index contributed by atoms with van der Waals surface area (Å²) in [5.41, 5.74) is 0.513. The van der Waals surface area contributed by atoms with Crippen molar-refractivity contribution < 1.29 is 4.79 Å². The first-order chi connectivity index (χ1) is 6.76. The summed E-state index contributed by atoms with van der Waals surface area (Å²) < 4.78 is 0. The van der Waals surface area contributed by atoms with Crippen molar-refractivity contribution in [3.63, 3.8) is 0 Å². The zero-order valence-corrected chi connectivity index (χ0v) is 7.74. The Bertz CT molecular complexity index is 369. The molecule has 0 aliphatic heterocycles. The van der Waals surface area contributed by atoms with Gasteiger partial charge in [-0.3, -0.25) is 4.79 Å². The average Bonchev–Trinajstić information content (AvgIpc) is 2.26. The lowest BCUT2D eigenvalue weighted by Gasteiger charge is -2.03. The Morgan fingerprint density at radius 1 is 1.71 bits per heavy atom. The Morgan fingerprint density at radius 2 is 2.50 bits per heavy atom. The number of hydrogen-bond donors (Lipinski definition) is 2. The van der Waals surface area contributed by atoms with E-state index in [1.54, 1.807) is 19.2 Å². The number of anilines is 1. The second-order valence-electron chi connectivity index (χ2n) is 2.57. The molecular formula is C9H10N4O. The predicted molar refractivity (Wildman–Crippen MR) is 51.5 cm³/mol. The zero-order chi connectivity index (χ0) is 10.4. The van der Waals surface area contributed by atoms with E-state index < -0.39 is 0 Å². The lowest BCUT2D eigenvalue weighted by Crippen LogP contribution is -2.26. The van der Waals surface area contributed by atoms with Crippen LogP contribution in [0.2, 0.25) is 0 Å². The number of likely N-dealkylation sites (N-methyl/N-ethyl adjacent to an activating group) is 1. The molecule has 1 amide bonds. The molecule has 0 saturated heterocycles. The van der Waals surface area contributed by atoms with E-state index >= 15 is 0 Å². The normalized spacial score (nSPS) is 8.86. The molecule has 14 heavy (non-hydrogen) atoms. The summed E-state index contributed by atoms with van der Waals surface area (Å²) in [6, 6.07) is 5.18. The molecule has 2 N–H and O–H groups in total. The van der Waals surface area contributed by atoms with Gasteiger partial charge in [-0.2, -0.15) is 5.26 Å². The third-order valence-corrected chi connectivity index (χ3v) is 1.60. The van der Waals surface area contributed by atoms with Gasteiger partial charge >= 0.3 is 0 Å². The third kappa shape index (κ3) is 2.75. The highest BCUT2D eigenvalue weighted by molar-refractivity contribution is 5.80. The monoisotopic (exact) mass is 190 g/mol. The van der Waals surface area contributed by atoms with Gasteiger partial charge < -0.3 is 10.6 Å². The molecule has 1 rings (SSSR count). The average molecular weight is 190 g/mol. The van der Waals surface area contributed by atoms with Gasteiger partial charge in [-0.05, 0) is 12.1 Å². The van der Waals surface area contributed by atoms with Gasteiger partial charge in [0.1, 0.15) is 5.82 Å². The highest BCUT2D eigenvalue weighted by Crippen LogP contribution is 2.04. The SMILES string of the molecule is CNC(=O)CNc1cc(C#N)ccn1. The van der Waals surface area contributed by atoms with Crippen LogP contribution in [0.15, 0.2) is 18.3 Å². The lowest BCUT2D eigenvalue weighted by atomic mass is 10.3. The number of amides is 1. The van der Waals surface area contributed by atoms with Crippen molar-refractivity contribution in [2.45, 2.75) is 0 Å². The van der Waals surface area contributed by atoms with Crippen molar-refractivity contribution in [1.82, 2.24) is 10.3 Å². The quantitative estimate of drug-likeness (QED) is 0.709. The number of carbonyl (C=O) groups is 1. The molecule has 0 unspecified atom stereocenters. The van der Waals surface area contributed by atoms with Crippen LogP contribution in [0.1, 0.15) is 5.56 Å². The second kappa shape index (κ2) is 4.82. The van der Waals surface area contributed by atoms with E-state index in [4.69, 9.17) is 5.26 Å². The van der Waals surface area contributed by atoms with Crippen molar-refractivity contribution >= 4 is 11.7 Å². The van der Waals surface area contributed by atoms with Crippen LogP contribution in [0.25, 0.3) is 0 Å². The van der Waals surface area contributed by atoms with E-state index in [0.29, 0.717) is 11.4 Å². The Kier molecular flexibility index (Phi) is 3.44. The van der Waals surface area contributed by atoms with Crippen LogP contribution < -0.4 is 10.6 Å². The smallest absolute Gasteiger partial charge is 0.239 e. The van der Waals surface area contributed by atoms with Gasteiger partial charge in [-0.25, -0.2) is 4.98 Å². The van der Waals surface area contributed by atoms with Gasteiger partial charge in [-0.15, -0.1) is 0 Å². The number of nitrogens with zero attached hydrogens (tertiary/aromatic N) is 2. The number of pyridine rings is 1. The minimum Gasteiger partial charge on any atom is -0.361 e. The standard InChI is InChI=1S/C9H10N4O/c1-11-9(14)6-13-8-4-7(5-10)2-3-12-8/h2-4H,6H2,1H3,(H,11,14)(H,12,13). The highest BCUT2D eigenvalue weighted by Gasteiger charge is 1.99. The van der Waals surface area contributed by atoms with Crippen LogP contribution in [0.3, 0.4) is 0 Å². The molecule has 0 aliphatic rings. The third-order valence-electron chi connectivity index (χ3n) is 1.60. The molecule has 0 fully saturated rings. The van der Waals surface area contributed by atoms with E-state index in [1.165, 1.54) is 6.20 Å². The van der Waals surface area contributed by atoms with Crippen molar-refractivity contribution in [3.05, 3.63) is 23.9 Å². The molecule has 0 saturated carbocycles. The van der Waals surface area contributed by atoms with Gasteiger partial charge in [0.05, 0.1) is 18.2 Å². The van der Waals surface area contributed by atoms with E-state index in [0.717, 1.165) is 0 Å². The van der Waals surface area contributed by atoms with E-state index in [2.05, 4.69) is 15.6 Å². The first kappa shape index (κ1) is 9.99. The molecule has 1 aromatic rings. The molecule has 5 nitrogen and oxygen atoms in total. The summed E-state index contributed by atoms with van der Waals surface area (Å²) in [5.74, 6) is 0.391. The first-order valence-electron chi connectivity index (χ1n) is 4.07. The summed E-state index contributed by atoms with van der Waals surface area (Å²) >= 11 is 0. The molecule has 0 bridgehead atoms. The first-order valence-corrected chi connectivity index (χ1v) is 4.07. The summed E-state index contributed by atoms with van der Waals surface area (Å²) in [4.78, 5) is 14.8. The predicted octanol–water partition coefficient (Wildman–Crippen LogP) is 0.111. The fourth-order valence-electron chi connectivity index (χ4n) is 0.856. The molecule has 1 aromatic heterocycles. The Balaban J connectivity index is 2.60. The molecule has 0 atom stereocenters. The van der Waals surface area contributed by atoms with E-state index in [9.17, 15) is 4.79 Å². The molecule has 1 heterocycles. The van der Waals surface area contributed by atoms with Crippen molar-refractivity contribution in [2.24, 2.45) is 0 Å². The number of rotatable bonds is 3. The molecule has 0 aliphatic carbocycles. The fraction of sp³-hybridized carbons (Fsp3) is 0.222. The van der Waals surface area contributed by atoms with Crippen LogP contribution in [0.4, 0.5) is 5.82 Å². The molecule has 0 radical (unpaired) electrons. The minimum absolute atomic E-state index is 0.130. The van der Waals surface area contributed by atoms with Crippen molar-refractivity contribution in [2.75, 3.05) is 18.9 Å². The molecule has 5 heteroatoms. The maximum atomic E-state index is 10.9. The largest absolute Gasteiger partial charge is 0.361 e. The van der Waals surface area contributed by atoms with Crippen molar-refractivity contribution in [1.29, 1.82) is 5.26 Å². The fourth-order valence-corrected chi connectivity index (χ4v) is 0.856. The van der Waals surface area contributed by atoms with Gasteiger partial charge in [-0.1, -0.05) is 0 Å². The van der Waals surface area contributed by atoms with Crippen LogP contribution in [-0.2, 0) is 4.79 Å². The van der Waals surface area contributed by atoms with Crippen molar-refractivity contribution in [3.8, 4) is 6.07 Å². The summed E-state index contributed by atoms with van der Waals surface area (Å²) in [6.45, 7) is 0.151. The number of carbonyl (C=O) groups excluding carboxylic acids is 1. The van der Waals surface area contributed by atoms with Crippen LogP contribution in [-0.4, -0.2) is 24.5 Å². The zero-order valence-electron chi connectivity index (χ0n) is 7.74. The van der Waals surface area contributed by atoms with Crippen LogP contribution in [0.5, 0.6) is 0 Å². The molecular weight excluding hydrogens is 180 g/mol. The summed E-state index contributed by atoms with van der Waals surface area (Å²) in [5, 5.41) is 13.9. The Hall–Kier alpha value is -2.09.